The van der Waals surface area contributed by atoms with E-state index >= 15 is 0 Å². The highest BCUT2D eigenvalue weighted by molar-refractivity contribution is 7.90. The predicted molar refractivity (Wildman–Crippen MR) is 153 cm³/mol. The van der Waals surface area contributed by atoms with Gasteiger partial charge in [0, 0.05) is 22.4 Å². The highest BCUT2D eigenvalue weighted by atomic mass is 35.5. The van der Waals surface area contributed by atoms with Gasteiger partial charge in [0.2, 0.25) is 0 Å². The molecule has 3 aromatic carbocycles. The van der Waals surface area contributed by atoms with E-state index in [0.717, 1.165) is 11.8 Å². The Hall–Kier alpha value is -2.29. The molecule has 0 fully saturated rings. The Bertz CT molecular complexity index is 1540. The van der Waals surface area contributed by atoms with Crippen molar-refractivity contribution in [2.45, 2.75) is 36.7 Å². The molecule has 11 heteroatoms. The van der Waals surface area contributed by atoms with Crippen LogP contribution in [0.25, 0.3) is 0 Å². The molecule has 0 N–H and O–H groups in total. The van der Waals surface area contributed by atoms with E-state index in [1.807, 2.05) is 26.0 Å². The van der Waals surface area contributed by atoms with Crippen LogP contribution >= 0.6 is 46.4 Å². The number of hydrogen-bond donors (Lipinski definition) is 0. The van der Waals surface area contributed by atoms with Gasteiger partial charge in [-0.2, -0.15) is 0 Å². The maximum absolute atomic E-state index is 13.3. The van der Waals surface area contributed by atoms with E-state index in [0.29, 0.717) is 15.6 Å². The number of halogens is 4. The van der Waals surface area contributed by atoms with Gasteiger partial charge in [-0.3, -0.25) is 14.7 Å². The van der Waals surface area contributed by atoms with Crippen molar-refractivity contribution in [1.29, 1.82) is 0 Å². The molecule has 4 rings (SSSR count). The van der Waals surface area contributed by atoms with Gasteiger partial charge < -0.3 is 4.74 Å². The van der Waals surface area contributed by atoms with E-state index in [4.69, 9.17) is 56.1 Å². The lowest BCUT2D eigenvalue weighted by molar-refractivity contribution is 0.149. The average Bonchev–Trinajstić information content (AvgIpc) is 3.08. The molecule has 38 heavy (non-hydrogen) atoms. The Labute approximate surface area is 242 Å². The van der Waals surface area contributed by atoms with Gasteiger partial charge in [-0.05, 0) is 73.8 Å². The zero-order valence-corrected chi connectivity index (χ0v) is 24.8. The van der Waals surface area contributed by atoms with Crippen LogP contribution in [-0.4, -0.2) is 37.4 Å². The SMILES string of the molecule is CCOc1cc(Cl)c(S(C)(=O)=O)cc1C1=NC(C)(c2ccc(Cl)cc2)C(C)(c2ccc(Cl)cc2)N1C(=O)Cl. The topological polar surface area (TPSA) is 76.0 Å². The number of ether oxygens (including phenoxy) is 1. The molecule has 2 atom stereocenters. The van der Waals surface area contributed by atoms with Gasteiger partial charge in [0.05, 0.1) is 22.1 Å². The lowest BCUT2D eigenvalue weighted by Crippen LogP contribution is -2.53. The van der Waals surface area contributed by atoms with Crippen molar-refractivity contribution in [2.75, 3.05) is 12.9 Å². The highest BCUT2D eigenvalue weighted by Gasteiger charge is 2.59. The van der Waals surface area contributed by atoms with Crippen molar-refractivity contribution >= 4 is 67.4 Å². The Morgan fingerprint density at radius 3 is 1.95 bits per heavy atom. The Kier molecular flexibility index (Phi) is 7.83. The number of nitrogens with zero attached hydrogens (tertiary/aromatic N) is 2. The van der Waals surface area contributed by atoms with Crippen molar-refractivity contribution < 1.29 is 17.9 Å². The van der Waals surface area contributed by atoms with Crippen molar-refractivity contribution in [2.24, 2.45) is 4.99 Å². The molecule has 2 unspecified atom stereocenters. The molecule has 6 nitrogen and oxygen atoms in total. The molecule has 1 heterocycles. The number of benzene rings is 3. The Morgan fingerprint density at radius 1 is 0.947 bits per heavy atom. The summed E-state index contributed by atoms with van der Waals surface area (Å²) in [6.45, 7) is 5.75. The van der Waals surface area contributed by atoms with Crippen molar-refractivity contribution in [3.63, 3.8) is 0 Å². The summed E-state index contributed by atoms with van der Waals surface area (Å²) < 4.78 is 31.0. The van der Waals surface area contributed by atoms with Crippen molar-refractivity contribution in [3.8, 4) is 5.75 Å². The van der Waals surface area contributed by atoms with Crippen LogP contribution in [0.2, 0.25) is 15.1 Å². The van der Waals surface area contributed by atoms with Crippen LogP contribution in [0.4, 0.5) is 4.79 Å². The minimum absolute atomic E-state index is 0.0111. The summed E-state index contributed by atoms with van der Waals surface area (Å²) in [4.78, 5) is 19.6. The summed E-state index contributed by atoms with van der Waals surface area (Å²) in [5, 5.41) is 0.217. The maximum Gasteiger partial charge on any atom is 0.322 e. The van der Waals surface area contributed by atoms with Crippen LogP contribution in [0.1, 0.15) is 37.5 Å². The fourth-order valence-corrected chi connectivity index (χ4v) is 6.63. The molecule has 200 valence electrons. The standard InChI is InChI=1S/C27H24Cl4N2O4S/c1-5-37-22-15-21(30)23(38(4,35)36)14-20(22)24-32-26(2,16-6-10-18(28)11-7-16)27(3,33(24)25(31)34)17-8-12-19(29)13-9-17/h6-15H,5H2,1-4H3. The van der Waals surface area contributed by atoms with E-state index in [-0.39, 0.29) is 33.7 Å². The third-order valence-electron chi connectivity index (χ3n) is 6.90. The number of hydrogen-bond acceptors (Lipinski definition) is 5. The number of carbonyl (C=O) groups excluding carboxylic acids is 1. The highest BCUT2D eigenvalue weighted by Crippen LogP contribution is 2.54. The first-order valence-corrected chi connectivity index (χ1v) is 14.9. The first-order chi connectivity index (χ1) is 17.7. The smallest absolute Gasteiger partial charge is 0.322 e. The summed E-state index contributed by atoms with van der Waals surface area (Å²) >= 11 is 25.0. The zero-order valence-electron chi connectivity index (χ0n) is 20.9. The number of sulfone groups is 1. The Morgan fingerprint density at radius 2 is 1.47 bits per heavy atom. The number of aliphatic imine (C=N–C) groups is 1. The second-order valence-electron chi connectivity index (χ2n) is 9.17. The largest absolute Gasteiger partial charge is 0.493 e. The summed E-state index contributed by atoms with van der Waals surface area (Å²) in [5.74, 6) is 0.385. The third-order valence-corrected chi connectivity index (χ3v) is 9.13. The summed E-state index contributed by atoms with van der Waals surface area (Å²) in [6, 6.07) is 16.9. The minimum atomic E-state index is -3.73. The Balaban J connectivity index is 2.11. The van der Waals surface area contributed by atoms with E-state index in [1.54, 1.807) is 43.3 Å². The summed E-state index contributed by atoms with van der Waals surface area (Å²) in [6.07, 6.45) is 1.05. The van der Waals surface area contributed by atoms with Gasteiger partial charge in [-0.15, -0.1) is 0 Å². The monoisotopic (exact) mass is 612 g/mol. The second-order valence-corrected chi connectivity index (χ2v) is 12.8. The molecule has 0 radical (unpaired) electrons. The molecular weight excluding hydrogens is 590 g/mol. The van der Waals surface area contributed by atoms with E-state index in [1.165, 1.54) is 17.0 Å². The van der Waals surface area contributed by atoms with Gasteiger partial charge in [-0.25, -0.2) is 8.42 Å². The van der Waals surface area contributed by atoms with Crippen molar-refractivity contribution in [3.05, 3.63) is 92.4 Å². The molecule has 0 saturated carbocycles. The lowest BCUT2D eigenvalue weighted by Gasteiger charge is -2.44. The molecular formula is C27H24Cl4N2O4S. The molecule has 0 aromatic heterocycles. The lowest BCUT2D eigenvalue weighted by atomic mass is 9.71. The maximum atomic E-state index is 13.3. The van der Waals surface area contributed by atoms with E-state index in [2.05, 4.69) is 0 Å². The van der Waals surface area contributed by atoms with Gasteiger partial charge in [0.15, 0.2) is 9.84 Å². The second kappa shape index (κ2) is 10.4. The van der Waals surface area contributed by atoms with Gasteiger partial charge in [0.1, 0.15) is 22.7 Å². The molecule has 3 aromatic rings. The van der Waals surface area contributed by atoms with Gasteiger partial charge in [-0.1, -0.05) is 59.1 Å². The number of rotatable bonds is 6. The molecule has 0 saturated heterocycles. The van der Waals surface area contributed by atoms with Crippen LogP contribution in [0.5, 0.6) is 5.75 Å². The molecule has 1 amide bonds. The van der Waals surface area contributed by atoms with Gasteiger partial charge >= 0.3 is 5.37 Å². The molecule has 1 aliphatic rings. The van der Waals surface area contributed by atoms with Crippen LogP contribution in [0.3, 0.4) is 0 Å². The van der Waals surface area contributed by atoms with E-state index in [9.17, 15) is 13.2 Å². The first kappa shape index (κ1) is 28.7. The minimum Gasteiger partial charge on any atom is -0.493 e. The number of carbonyl (C=O) groups is 1. The summed E-state index contributed by atoms with van der Waals surface area (Å²) in [7, 11) is -3.73. The number of amidine groups is 1. The number of amides is 1. The predicted octanol–water partition coefficient (Wildman–Crippen LogP) is 7.70. The van der Waals surface area contributed by atoms with Crippen LogP contribution < -0.4 is 4.74 Å². The normalized spacial score (nSPS) is 21.4. The van der Waals surface area contributed by atoms with Gasteiger partial charge in [0.25, 0.3) is 0 Å². The summed E-state index contributed by atoms with van der Waals surface area (Å²) in [5.41, 5.74) is -0.605. The third kappa shape index (κ3) is 4.80. The zero-order chi connectivity index (χ0) is 28.0. The molecule has 0 spiro atoms. The molecule has 0 aliphatic carbocycles. The van der Waals surface area contributed by atoms with Crippen LogP contribution in [0, 0.1) is 0 Å². The van der Waals surface area contributed by atoms with Crippen LogP contribution in [-0.2, 0) is 20.9 Å². The van der Waals surface area contributed by atoms with Crippen molar-refractivity contribution in [1.82, 2.24) is 4.90 Å². The molecule has 0 bridgehead atoms. The quantitative estimate of drug-likeness (QED) is 0.211. The van der Waals surface area contributed by atoms with Crippen LogP contribution in [0.15, 0.2) is 70.6 Å². The first-order valence-electron chi connectivity index (χ1n) is 11.5. The fraction of sp³-hybridized carbons (Fsp3) is 0.259. The molecule has 1 aliphatic heterocycles. The average molecular weight is 614 g/mol. The fourth-order valence-electron chi connectivity index (χ4n) is 4.81. The van der Waals surface area contributed by atoms with E-state index < -0.39 is 26.3 Å².